The van der Waals surface area contributed by atoms with Crippen LogP contribution in [0.3, 0.4) is 0 Å². The molecule has 0 atom stereocenters. The molecule has 0 aliphatic rings. The SMILES string of the molecule is c1cc(-c2nc(-c3ccc4ccccc4c3)nc(-c3ccc4ccccc4c3)n2)cc(-n2c3ccc(N(c4cccc5ccccc45)c4cccc5ccccc45)cc3c3ccc4ccccc4c32)c1. The van der Waals surface area contributed by atoms with Crippen LogP contribution in [0.2, 0.25) is 0 Å². The maximum Gasteiger partial charge on any atom is 0.164 e. The lowest BCUT2D eigenvalue weighted by atomic mass is 10.0. The lowest BCUT2D eigenvalue weighted by Crippen LogP contribution is -2.11. The van der Waals surface area contributed by atoms with Crippen molar-refractivity contribution in [3.05, 3.63) is 249 Å². The van der Waals surface area contributed by atoms with E-state index >= 15 is 0 Å². The molecule has 0 N–H and O–H groups in total. The first-order valence-corrected chi connectivity index (χ1v) is 23.8. The Balaban J connectivity index is 0.983. The predicted octanol–water partition coefficient (Wildman–Crippen LogP) is 17.2. The van der Waals surface area contributed by atoms with Crippen LogP contribution >= 0.6 is 0 Å². The normalized spacial score (nSPS) is 11.7. The molecule has 0 aliphatic heterocycles. The van der Waals surface area contributed by atoms with E-state index in [1.54, 1.807) is 0 Å². The summed E-state index contributed by atoms with van der Waals surface area (Å²) in [5, 5.41) is 14.1. The van der Waals surface area contributed by atoms with Gasteiger partial charge in [-0.2, -0.15) is 0 Å². The van der Waals surface area contributed by atoms with Gasteiger partial charge in [0.25, 0.3) is 0 Å². The number of fused-ring (bicyclic) bond motifs is 9. The van der Waals surface area contributed by atoms with Crippen LogP contribution in [0.25, 0.3) is 116 Å². The minimum Gasteiger partial charge on any atom is -0.309 e. The third-order valence-corrected chi connectivity index (χ3v) is 13.9. The molecule has 14 rings (SSSR count). The molecule has 0 spiro atoms. The van der Waals surface area contributed by atoms with Crippen molar-refractivity contribution in [2.75, 3.05) is 4.90 Å². The molecule has 0 fully saturated rings. The second kappa shape index (κ2) is 16.1. The zero-order valence-electron chi connectivity index (χ0n) is 37.9. The van der Waals surface area contributed by atoms with Gasteiger partial charge >= 0.3 is 0 Å². The van der Waals surface area contributed by atoms with Gasteiger partial charge in [0.15, 0.2) is 17.5 Å². The van der Waals surface area contributed by atoms with Gasteiger partial charge in [-0.1, -0.05) is 194 Å². The first-order chi connectivity index (χ1) is 34.7. The van der Waals surface area contributed by atoms with Gasteiger partial charge in [-0.05, 0) is 92.3 Å². The Morgan fingerprint density at radius 2 is 0.743 bits per heavy atom. The number of nitrogens with zero attached hydrogens (tertiary/aromatic N) is 5. The third kappa shape index (κ3) is 6.59. The molecule has 12 aromatic carbocycles. The summed E-state index contributed by atoms with van der Waals surface area (Å²) >= 11 is 0. The molecule has 2 heterocycles. The molecule has 0 aliphatic carbocycles. The minimum absolute atomic E-state index is 0.608. The van der Waals surface area contributed by atoms with E-state index in [4.69, 9.17) is 15.0 Å². The van der Waals surface area contributed by atoms with Crippen molar-refractivity contribution in [3.63, 3.8) is 0 Å². The van der Waals surface area contributed by atoms with E-state index in [0.29, 0.717) is 17.5 Å². The third-order valence-electron chi connectivity index (χ3n) is 13.9. The van der Waals surface area contributed by atoms with Crippen LogP contribution in [0, 0.1) is 0 Å². The molecule has 70 heavy (non-hydrogen) atoms. The van der Waals surface area contributed by atoms with Crippen LogP contribution in [0.5, 0.6) is 0 Å². The van der Waals surface area contributed by atoms with Gasteiger partial charge in [0.05, 0.1) is 22.4 Å². The number of aromatic nitrogens is 4. The summed E-state index contributed by atoms with van der Waals surface area (Å²) in [5.41, 5.74) is 9.36. The van der Waals surface area contributed by atoms with E-state index in [1.165, 1.54) is 48.5 Å². The average molecular weight is 892 g/mol. The van der Waals surface area contributed by atoms with Crippen molar-refractivity contribution in [2.24, 2.45) is 0 Å². The second-order valence-electron chi connectivity index (χ2n) is 18.0. The highest BCUT2D eigenvalue weighted by Gasteiger charge is 2.22. The molecule has 0 saturated carbocycles. The highest BCUT2D eigenvalue weighted by Crippen LogP contribution is 2.45. The second-order valence-corrected chi connectivity index (χ2v) is 18.0. The van der Waals surface area contributed by atoms with Crippen molar-refractivity contribution in [2.45, 2.75) is 0 Å². The van der Waals surface area contributed by atoms with E-state index < -0.39 is 0 Å². The Morgan fingerprint density at radius 1 is 0.286 bits per heavy atom. The number of hydrogen-bond acceptors (Lipinski definition) is 4. The van der Waals surface area contributed by atoms with Crippen molar-refractivity contribution >= 4 is 92.7 Å². The number of hydrogen-bond donors (Lipinski definition) is 0. The Bertz CT molecular complexity index is 4210. The van der Waals surface area contributed by atoms with Crippen molar-refractivity contribution in [3.8, 4) is 39.9 Å². The van der Waals surface area contributed by atoms with Gasteiger partial charge < -0.3 is 9.47 Å². The quantitative estimate of drug-likeness (QED) is 0.160. The monoisotopic (exact) mass is 891 g/mol. The van der Waals surface area contributed by atoms with Crippen molar-refractivity contribution in [1.82, 2.24) is 19.5 Å². The zero-order valence-corrected chi connectivity index (χ0v) is 37.9. The smallest absolute Gasteiger partial charge is 0.164 e. The van der Waals surface area contributed by atoms with Crippen molar-refractivity contribution in [1.29, 1.82) is 0 Å². The molecular weight excluding hydrogens is 851 g/mol. The summed E-state index contributed by atoms with van der Waals surface area (Å²) < 4.78 is 2.43. The molecule has 0 saturated heterocycles. The number of anilines is 3. The molecule has 0 radical (unpaired) electrons. The molecule has 0 amide bonds. The van der Waals surface area contributed by atoms with Gasteiger partial charge in [0, 0.05) is 55.0 Å². The molecule has 5 nitrogen and oxygen atoms in total. The van der Waals surface area contributed by atoms with Gasteiger partial charge in [0.2, 0.25) is 0 Å². The maximum absolute atomic E-state index is 5.26. The lowest BCUT2D eigenvalue weighted by Gasteiger charge is -2.28. The zero-order chi connectivity index (χ0) is 46.1. The summed E-state index contributed by atoms with van der Waals surface area (Å²) in [6.45, 7) is 0. The van der Waals surface area contributed by atoms with E-state index in [9.17, 15) is 0 Å². The Hall–Kier alpha value is -9.45. The first-order valence-electron chi connectivity index (χ1n) is 23.8. The van der Waals surface area contributed by atoms with Gasteiger partial charge in [-0.3, -0.25) is 0 Å². The summed E-state index contributed by atoms with van der Waals surface area (Å²) in [6.07, 6.45) is 0. The van der Waals surface area contributed by atoms with Gasteiger partial charge in [-0.15, -0.1) is 0 Å². The predicted molar refractivity (Wildman–Crippen MR) is 293 cm³/mol. The van der Waals surface area contributed by atoms with E-state index in [0.717, 1.165) is 66.6 Å². The highest BCUT2D eigenvalue weighted by atomic mass is 15.1. The van der Waals surface area contributed by atoms with Gasteiger partial charge in [-0.25, -0.2) is 15.0 Å². The van der Waals surface area contributed by atoms with Crippen molar-refractivity contribution < 1.29 is 0 Å². The standard InChI is InChI=1S/C65H41N5/c1-3-19-47-38-50(32-30-42(47)14-1)64-66-63(67-65(68-64)51-33-31-43-15-2-4-20-48(43)39-51)49-23-11-24-52(40-49)70-61-37-35-53(41-58(61)57-36-34-46-18-7-10-27-56(46)62(57)70)69(59-28-12-21-44-16-5-8-25-54(44)59)60-29-13-22-45-17-6-9-26-55(45)60/h1-41H. The van der Waals surface area contributed by atoms with Crippen LogP contribution in [-0.4, -0.2) is 19.5 Å². The Morgan fingerprint density at radius 3 is 1.33 bits per heavy atom. The number of benzene rings is 12. The van der Waals surface area contributed by atoms with Crippen LogP contribution in [0.1, 0.15) is 0 Å². The highest BCUT2D eigenvalue weighted by molar-refractivity contribution is 6.19. The fraction of sp³-hybridized carbons (Fsp3) is 0. The lowest BCUT2D eigenvalue weighted by molar-refractivity contribution is 1.07. The maximum atomic E-state index is 5.26. The van der Waals surface area contributed by atoms with E-state index in [1.807, 2.05) is 0 Å². The van der Waals surface area contributed by atoms with Crippen LogP contribution in [0.15, 0.2) is 249 Å². The Labute approximate surface area is 403 Å². The molecule has 2 aromatic heterocycles. The molecule has 0 bridgehead atoms. The van der Waals surface area contributed by atoms with Gasteiger partial charge in [0.1, 0.15) is 0 Å². The van der Waals surface area contributed by atoms with Crippen LogP contribution in [0.4, 0.5) is 17.1 Å². The van der Waals surface area contributed by atoms with Crippen LogP contribution in [-0.2, 0) is 0 Å². The topological polar surface area (TPSA) is 46.8 Å². The largest absolute Gasteiger partial charge is 0.309 e. The number of rotatable bonds is 7. The van der Waals surface area contributed by atoms with E-state index in [-0.39, 0.29) is 0 Å². The molecule has 5 heteroatoms. The summed E-state index contributed by atoms with van der Waals surface area (Å²) in [5.74, 6) is 1.86. The summed E-state index contributed by atoms with van der Waals surface area (Å²) in [6, 6.07) is 89.1. The fourth-order valence-corrected chi connectivity index (χ4v) is 10.6. The minimum atomic E-state index is 0.608. The molecule has 326 valence electrons. The summed E-state index contributed by atoms with van der Waals surface area (Å²) in [4.78, 5) is 18.1. The fourth-order valence-electron chi connectivity index (χ4n) is 10.6. The van der Waals surface area contributed by atoms with E-state index in [2.05, 4.69) is 258 Å². The Kier molecular flexibility index (Phi) is 9.14. The molecule has 14 aromatic rings. The summed E-state index contributed by atoms with van der Waals surface area (Å²) in [7, 11) is 0. The first kappa shape index (κ1) is 39.7. The average Bonchev–Trinajstić information content (AvgIpc) is 3.77. The molecule has 0 unspecified atom stereocenters. The molecular formula is C65H41N5. The van der Waals surface area contributed by atoms with Crippen LogP contribution < -0.4 is 4.90 Å².